The first-order valence-corrected chi connectivity index (χ1v) is 10.7. The molecule has 0 unspecified atom stereocenters. The summed E-state index contributed by atoms with van der Waals surface area (Å²) in [5.41, 5.74) is 7.31. The molecule has 2 aliphatic rings. The number of carbonyl (C=O) groups is 1. The van der Waals surface area contributed by atoms with Crippen molar-refractivity contribution >= 4 is 28.8 Å². The maximum Gasteiger partial charge on any atom is 0.163 e. The number of carbonyl (C=O) groups excluding carboxylic acids is 1. The molecule has 1 aliphatic carbocycles. The number of anilines is 2. The number of allylic oxidation sites excluding steroid dienone is 1. The summed E-state index contributed by atoms with van der Waals surface area (Å²) in [6.07, 6.45) is 1.33. The zero-order valence-electron chi connectivity index (χ0n) is 16.8. The number of hydrogen-bond donors (Lipinski definition) is 2. The molecule has 0 fully saturated rings. The van der Waals surface area contributed by atoms with Crippen LogP contribution in [0.3, 0.4) is 0 Å². The molecule has 0 aromatic heterocycles. The highest BCUT2D eigenvalue weighted by molar-refractivity contribution is 6.30. The first-order valence-electron chi connectivity index (χ1n) is 10.3. The van der Waals surface area contributed by atoms with Crippen molar-refractivity contribution in [2.45, 2.75) is 31.7 Å². The molecule has 0 radical (unpaired) electrons. The largest absolute Gasteiger partial charge is 0.372 e. The first kappa shape index (κ1) is 19.0. The van der Waals surface area contributed by atoms with Gasteiger partial charge < -0.3 is 10.6 Å². The molecule has 30 heavy (non-hydrogen) atoms. The maximum absolute atomic E-state index is 13.5. The fraction of sp³-hybridized carbons (Fsp3) is 0.192. The van der Waals surface area contributed by atoms with Crippen molar-refractivity contribution in [1.82, 2.24) is 0 Å². The SMILES string of the molecule is Cc1ccc([C@@H]2CC(=O)C3=C(C2)Nc2ccccc2N[C@H]3c2ccc(Cl)cc2)cc1. The molecule has 0 amide bonds. The van der Waals surface area contributed by atoms with Gasteiger partial charge in [-0.05, 0) is 54.7 Å². The molecule has 150 valence electrons. The van der Waals surface area contributed by atoms with Gasteiger partial charge >= 0.3 is 0 Å². The fourth-order valence-corrected chi connectivity index (χ4v) is 4.60. The van der Waals surface area contributed by atoms with E-state index < -0.39 is 0 Å². The van der Waals surface area contributed by atoms with Gasteiger partial charge in [0, 0.05) is 22.7 Å². The molecular formula is C26H23ClN2O. The lowest BCUT2D eigenvalue weighted by atomic mass is 9.78. The molecule has 3 nitrogen and oxygen atoms in total. The van der Waals surface area contributed by atoms with Crippen LogP contribution in [0.15, 0.2) is 84.1 Å². The number of benzene rings is 3. The van der Waals surface area contributed by atoms with Crippen LogP contribution in [0, 0.1) is 6.92 Å². The minimum atomic E-state index is -0.208. The Balaban J connectivity index is 1.60. The van der Waals surface area contributed by atoms with E-state index in [-0.39, 0.29) is 17.7 Å². The zero-order valence-corrected chi connectivity index (χ0v) is 17.5. The lowest BCUT2D eigenvalue weighted by molar-refractivity contribution is -0.116. The third-order valence-electron chi connectivity index (χ3n) is 6.06. The van der Waals surface area contributed by atoms with E-state index in [4.69, 9.17) is 11.6 Å². The molecule has 0 saturated carbocycles. The highest BCUT2D eigenvalue weighted by atomic mass is 35.5. The molecule has 1 heterocycles. The molecule has 0 spiro atoms. The van der Waals surface area contributed by atoms with Crippen molar-refractivity contribution in [2.24, 2.45) is 0 Å². The monoisotopic (exact) mass is 414 g/mol. The van der Waals surface area contributed by atoms with Crippen LogP contribution in [-0.4, -0.2) is 5.78 Å². The van der Waals surface area contributed by atoms with Crippen LogP contribution in [0.25, 0.3) is 0 Å². The number of halogens is 1. The Kier molecular flexibility index (Phi) is 4.84. The van der Waals surface area contributed by atoms with Gasteiger partial charge in [-0.25, -0.2) is 0 Å². The van der Waals surface area contributed by atoms with Crippen LogP contribution in [-0.2, 0) is 4.79 Å². The molecular weight excluding hydrogens is 392 g/mol. The fourth-order valence-electron chi connectivity index (χ4n) is 4.47. The van der Waals surface area contributed by atoms with Crippen LogP contribution in [0.2, 0.25) is 5.02 Å². The smallest absolute Gasteiger partial charge is 0.163 e. The standard InChI is InChI=1S/C26H23ClN2O/c1-16-6-8-17(9-7-16)19-14-23-25(24(30)15-19)26(18-10-12-20(27)13-11-18)29-22-5-3-2-4-21(22)28-23/h2-13,19,26,28-29H,14-15H2,1H3/t19-,26-/m0/s1. The number of fused-ring (bicyclic) bond motifs is 1. The number of rotatable bonds is 2. The van der Waals surface area contributed by atoms with Crippen molar-refractivity contribution < 1.29 is 4.79 Å². The van der Waals surface area contributed by atoms with E-state index in [2.05, 4.69) is 47.9 Å². The number of para-hydroxylation sites is 2. The Labute approximate surface area is 181 Å². The zero-order chi connectivity index (χ0) is 20.7. The van der Waals surface area contributed by atoms with Crippen LogP contribution >= 0.6 is 11.6 Å². The molecule has 0 saturated heterocycles. The van der Waals surface area contributed by atoms with Crippen LogP contribution in [0.4, 0.5) is 11.4 Å². The highest BCUT2D eigenvalue weighted by Crippen LogP contribution is 2.44. The van der Waals surface area contributed by atoms with Crippen LogP contribution in [0.5, 0.6) is 0 Å². The predicted octanol–water partition coefficient (Wildman–Crippen LogP) is 6.63. The molecule has 2 N–H and O–H groups in total. The molecule has 0 bridgehead atoms. The molecule has 2 atom stereocenters. The second-order valence-corrected chi connectivity index (χ2v) is 8.57. The van der Waals surface area contributed by atoms with Gasteiger partial charge in [0.25, 0.3) is 0 Å². The maximum atomic E-state index is 13.5. The predicted molar refractivity (Wildman–Crippen MR) is 123 cm³/mol. The van der Waals surface area contributed by atoms with E-state index in [1.54, 1.807) is 0 Å². The summed E-state index contributed by atoms with van der Waals surface area (Å²) < 4.78 is 0. The van der Waals surface area contributed by atoms with Gasteiger partial charge in [-0.15, -0.1) is 0 Å². The van der Waals surface area contributed by atoms with Gasteiger partial charge in [0.05, 0.1) is 17.4 Å². The van der Waals surface area contributed by atoms with Crippen LogP contribution < -0.4 is 10.6 Å². The van der Waals surface area contributed by atoms with Gasteiger partial charge in [0.15, 0.2) is 5.78 Å². The first-order chi connectivity index (χ1) is 14.6. The number of aryl methyl sites for hydroxylation is 1. The summed E-state index contributed by atoms with van der Waals surface area (Å²) in [5, 5.41) is 7.88. The second-order valence-electron chi connectivity index (χ2n) is 8.13. The Hall–Kier alpha value is -3.04. The molecule has 3 aromatic rings. The van der Waals surface area contributed by atoms with Crippen molar-refractivity contribution in [3.8, 4) is 0 Å². The van der Waals surface area contributed by atoms with Gasteiger partial charge in [0.1, 0.15) is 0 Å². The summed E-state index contributed by atoms with van der Waals surface area (Å²) in [5.74, 6) is 0.370. The number of hydrogen-bond acceptors (Lipinski definition) is 3. The van der Waals surface area contributed by atoms with Gasteiger partial charge in [-0.2, -0.15) is 0 Å². The lowest BCUT2D eigenvalue weighted by Crippen LogP contribution is -2.26. The quantitative estimate of drug-likeness (QED) is 0.494. The van der Waals surface area contributed by atoms with Crippen LogP contribution in [0.1, 0.15) is 41.5 Å². The van der Waals surface area contributed by atoms with E-state index in [9.17, 15) is 4.79 Å². The second kappa shape index (κ2) is 7.66. The molecule has 3 aromatic carbocycles. The van der Waals surface area contributed by atoms with Crippen molar-refractivity contribution in [3.05, 3.63) is 106 Å². The lowest BCUT2D eigenvalue weighted by Gasteiger charge is -2.30. The summed E-state index contributed by atoms with van der Waals surface area (Å²) >= 11 is 6.12. The summed E-state index contributed by atoms with van der Waals surface area (Å²) in [6, 6.07) is 24.2. The topological polar surface area (TPSA) is 41.1 Å². The average Bonchev–Trinajstić information content (AvgIpc) is 2.91. The number of nitrogens with one attached hydrogen (secondary N) is 2. The van der Waals surface area contributed by atoms with E-state index in [1.807, 2.05) is 42.5 Å². The molecule has 1 aliphatic heterocycles. The normalized spacial score (nSPS) is 20.5. The van der Waals surface area contributed by atoms with Crippen molar-refractivity contribution in [1.29, 1.82) is 0 Å². The molecule has 4 heteroatoms. The van der Waals surface area contributed by atoms with Gasteiger partial charge in [0.2, 0.25) is 0 Å². The van der Waals surface area contributed by atoms with Gasteiger partial charge in [-0.3, -0.25) is 4.79 Å². The Bertz CT molecular complexity index is 1130. The third kappa shape index (κ3) is 3.50. The third-order valence-corrected chi connectivity index (χ3v) is 6.31. The Morgan fingerprint density at radius 1 is 0.833 bits per heavy atom. The van der Waals surface area contributed by atoms with E-state index in [0.29, 0.717) is 11.4 Å². The van der Waals surface area contributed by atoms with Crippen molar-refractivity contribution in [2.75, 3.05) is 10.6 Å². The van der Waals surface area contributed by atoms with Gasteiger partial charge in [-0.1, -0.05) is 65.7 Å². The summed E-state index contributed by atoms with van der Waals surface area (Å²) in [4.78, 5) is 13.5. The summed E-state index contributed by atoms with van der Waals surface area (Å²) in [6.45, 7) is 2.09. The van der Waals surface area contributed by atoms with E-state index >= 15 is 0 Å². The van der Waals surface area contributed by atoms with E-state index in [0.717, 1.165) is 34.6 Å². The number of ketones is 1. The summed E-state index contributed by atoms with van der Waals surface area (Å²) in [7, 11) is 0. The molecule has 5 rings (SSSR count). The Morgan fingerprint density at radius 2 is 1.50 bits per heavy atom. The van der Waals surface area contributed by atoms with E-state index in [1.165, 1.54) is 11.1 Å². The number of Topliss-reactive ketones (excluding diaryl/α,β-unsaturated/α-hetero) is 1. The Morgan fingerprint density at radius 3 is 2.23 bits per heavy atom. The van der Waals surface area contributed by atoms with Crippen molar-refractivity contribution in [3.63, 3.8) is 0 Å². The average molecular weight is 415 g/mol. The minimum absolute atomic E-state index is 0.181. The minimum Gasteiger partial charge on any atom is -0.372 e. The highest BCUT2D eigenvalue weighted by Gasteiger charge is 2.35.